The molecule has 1 aromatic heterocycles. The van der Waals surface area contributed by atoms with E-state index >= 15 is 0 Å². The highest BCUT2D eigenvalue weighted by atomic mass is 127. The number of guanidine groups is 1. The van der Waals surface area contributed by atoms with Gasteiger partial charge < -0.3 is 5.32 Å². The summed E-state index contributed by atoms with van der Waals surface area (Å²) in [7, 11) is 1.58. The van der Waals surface area contributed by atoms with Gasteiger partial charge in [0.1, 0.15) is 0 Å². The topological polar surface area (TPSA) is 82.0 Å². The van der Waals surface area contributed by atoms with Crippen molar-refractivity contribution >= 4 is 34.5 Å². The van der Waals surface area contributed by atoms with Gasteiger partial charge in [0.05, 0.1) is 0 Å². The smallest absolute Gasteiger partial charge is 0.267 e. The highest BCUT2D eigenvalue weighted by Crippen LogP contribution is 2.35. The highest BCUT2D eigenvalue weighted by Gasteiger charge is 2.53. The van der Waals surface area contributed by atoms with Gasteiger partial charge in [0.2, 0.25) is 5.54 Å². The molecule has 1 atom stereocenters. The molecule has 2 N–H and O–H groups in total. The van der Waals surface area contributed by atoms with Crippen LogP contribution in [0.5, 0.6) is 0 Å². The number of nitrogens with zero attached hydrogens (tertiary/aromatic N) is 3. The van der Waals surface area contributed by atoms with E-state index in [0.29, 0.717) is 11.4 Å². The molecule has 6 nitrogen and oxygen atoms in total. The van der Waals surface area contributed by atoms with Gasteiger partial charge in [-0.2, -0.15) is 0 Å². The Balaban J connectivity index is 1.91. The molecule has 0 saturated carbocycles. The molecule has 3 aromatic rings. The lowest BCUT2D eigenvalue weighted by molar-refractivity contribution is -0.129. The van der Waals surface area contributed by atoms with Gasteiger partial charge in [0.15, 0.2) is 11.8 Å². The molecule has 7 heteroatoms. The number of hydrogen-bond acceptors (Lipinski definition) is 4. The van der Waals surface area contributed by atoms with Gasteiger partial charge in [0, 0.05) is 23.0 Å². The Morgan fingerprint density at radius 1 is 1.04 bits per heavy atom. The Morgan fingerprint density at radius 2 is 1.70 bits per heavy atom. The van der Waals surface area contributed by atoms with E-state index < -0.39 is 5.54 Å². The molecule has 134 valence electrons. The standard InChI is InChI=1S/C20H16IN5O/c1-26-18(27)20(25-19(26)22,17-23-9-4-10-24-17)15-7-2-5-13(11-15)14-6-3-8-16(21)12-14/h2-12H,1H3,(H2,22,25). The van der Waals surface area contributed by atoms with E-state index in [0.717, 1.165) is 14.7 Å². The van der Waals surface area contributed by atoms with E-state index in [4.69, 9.17) is 5.41 Å². The predicted octanol–water partition coefficient (Wildman–Crippen LogP) is 2.99. The molecule has 0 radical (unpaired) electrons. The number of aromatic nitrogens is 2. The number of carbonyl (C=O) groups is 1. The van der Waals surface area contributed by atoms with E-state index in [9.17, 15) is 4.79 Å². The summed E-state index contributed by atoms with van der Waals surface area (Å²) in [5.41, 5.74) is 1.42. The lowest BCUT2D eigenvalue weighted by Crippen LogP contribution is -2.46. The van der Waals surface area contributed by atoms with Crippen LogP contribution in [0, 0.1) is 8.98 Å². The fourth-order valence-corrected chi connectivity index (χ4v) is 3.78. The van der Waals surface area contributed by atoms with Crippen molar-refractivity contribution in [1.29, 1.82) is 5.41 Å². The van der Waals surface area contributed by atoms with Gasteiger partial charge in [-0.15, -0.1) is 0 Å². The summed E-state index contributed by atoms with van der Waals surface area (Å²) in [6.45, 7) is 0. The number of rotatable bonds is 3. The van der Waals surface area contributed by atoms with Crippen LogP contribution in [0.4, 0.5) is 0 Å². The van der Waals surface area contributed by atoms with Crippen molar-refractivity contribution in [3.8, 4) is 11.1 Å². The normalized spacial score (nSPS) is 19.3. The number of nitrogens with one attached hydrogen (secondary N) is 2. The molecule has 2 aromatic carbocycles. The van der Waals surface area contributed by atoms with Crippen molar-refractivity contribution in [3.05, 3.63) is 81.9 Å². The van der Waals surface area contributed by atoms with Crippen LogP contribution in [0.3, 0.4) is 0 Å². The average molecular weight is 469 g/mol. The molecule has 1 unspecified atom stereocenters. The zero-order valence-electron chi connectivity index (χ0n) is 14.5. The number of hydrogen-bond donors (Lipinski definition) is 2. The summed E-state index contributed by atoms with van der Waals surface area (Å²) >= 11 is 2.28. The largest absolute Gasteiger partial charge is 0.332 e. The van der Waals surface area contributed by atoms with Crippen LogP contribution in [0.1, 0.15) is 11.4 Å². The molecule has 1 fully saturated rings. The zero-order chi connectivity index (χ0) is 19.0. The third kappa shape index (κ3) is 2.87. The molecule has 0 aliphatic carbocycles. The third-order valence-electron chi connectivity index (χ3n) is 4.62. The number of carbonyl (C=O) groups excluding carboxylic acids is 1. The summed E-state index contributed by atoms with van der Waals surface area (Å²) < 4.78 is 1.13. The molecule has 1 saturated heterocycles. The van der Waals surface area contributed by atoms with Gasteiger partial charge in [-0.3, -0.25) is 15.1 Å². The van der Waals surface area contributed by atoms with Crippen LogP contribution >= 0.6 is 22.6 Å². The van der Waals surface area contributed by atoms with Gasteiger partial charge in [-0.05, 0) is 63.5 Å². The van der Waals surface area contributed by atoms with E-state index in [1.54, 1.807) is 25.5 Å². The Hall–Kier alpha value is -2.81. The predicted molar refractivity (Wildman–Crippen MR) is 111 cm³/mol. The van der Waals surface area contributed by atoms with Crippen LogP contribution in [-0.2, 0) is 10.3 Å². The van der Waals surface area contributed by atoms with Crippen molar-refractivity contribution in [2.24, 2.45) is 0 Å². The first-order valence-corrected chi connectivity index (χ1v) is 9.39. The molecule has 0 bridgehead atoms. The van der Waals surface area contributed by atoms with Gasteiger partial charge in [-0.1, -0.05) is 30.3 Å². The SMILES string of the molecule is CN1C(=N)NC(c2cccc(-c3cccc(I)c3)c2)(c2ncccn2)C1=O. The average Bonchev–Trinajstić information content (AvgIpc) is 2.94. The minimum absolute atomic E-state index is 0.0205. The summed E-state index contributed by atoms with van der Waals surface area (Å²) in [5.74, 6) is 0.0644. The molecule has 1 aliphatic rings. The lowest BCUT2D eigenvalue weighted by atomic mass is 9.86. The second kappa shape index (κ2) is 6.73. The maximum atomic E-state index is 13.2. The number of halogens is 1. The number of likely N-dealkylation sites (N-methyl/N-ethyl adjacent to an activating group) is 1. The molecule has 1 amide bonds. The third-order valence-corrected chi connectivity index (χ3v) is 5.29. The lowest BCUT2D eigenvalue weighted by Gasteiger charge is -2.26. The van der Waals surface area contributed by atoms with E-state index in [-0.39, 0.29) is 11.9 Å². The Labute approximate surface area is 170 Å². The second-order valence-corrected chi connectivity index (χ2v) is 7.50. The highest BCUT2D eigenvalue weighted by molar-refractivity contribution is 14.1. The summed E-state index contributed by atoms with van der Waals surface area (Å²) in [6, 6.07) is 17.6. The van der Waals surface area contributed by atoms with Crippen LogP contribution in [-0.4, -0.2) is 33.8 Å². The maximum absolute atomic E-state index is 13.2. The van der Waals surface area contributed by atoms with E-state index in [2.05, 4.69) is 43.9 Å². The van der Waals surface area contributed by atoms with Crippen molar-refractivity contribution in [3.63, 3.8) is 0 Å². The molecule has 4 rings (SSSR count). The zero-order valence-corrected chi connectivity index (χ0v) is 16.6. The second-order valence-electron chi connectivity index (χ2n) is 6.25. The first kappa shape index (κ1) is 17.6. The molecular formula is C20H16IN5O. The minimum Gasteiger partial charge on any atom is -0.332 e. The van der Waals surface area contributed by atoms with Crippen LogP contribution in [0.2, 0.25) is 0 Å². The number of amides is 1. The molecule has 0 spiro atoms. The first-order chi connectivity index (χ1) is 13.0. The molecule has 27 heavy (non-hydrogen) atoms. The van der Waals surface area contributed by atoms with Crippen molar-refractivity contribution in [2.45, 2.75) is 5.54 Å². The van der Waals surface area contributed by atoms with E-state index in [1.165, 1.54) is 4.90 Å². The van der Waals surface area contributed by atoms with Crippen LogP contribution in [0.25, 0.3) is 11.1 Å². The quantitative estimate of drug-likeness (QED) is 0.578. The summed E-state index contributed by atoms with van der Waals surface area (Å²) in [4.78, 5) is 23.1. The molecule has 2 heterocycles. The molecule has 1 aliphatic heterocycles. The van der Waals surface area contributed by atoms with Gasteiger partial charge in [0.25, 0.3) is 5.91 Å². The first-order valence-electron chi connectivity index (χ1n) is 8.31. The molecular weight excluding hydrogens is 453 g/mol. The van der Waals surface area contributed by atoms with Crippen molar-refractivity contribution < 1.29 is 4.79 Å². The summed E-state index contributed by atoms with van der Waals surface area (Å²) in [5, 5.41) is 11.1. The Bertz CT molecular complexity index is 1040. The Morgan fingerprint density at radius 3 is 2.33 bits per heavy atom. The van der Waals surface area contributed by atoms with E-state index in [1.807, 2.05) is 42.5 Å². The Kier molecular flexibility index (Phi) is 4.39. The number of benzene rings is 2. The summed E-state index contributed by atoms with van der Waals surface area (Å²) in [6.07, 6.45) is 3.20. The van der Waals surface area contributed by atoms with Crippen molar-refractivity contribution in [1.82, 2.24) is 20.2 Å². The van der Waals surface area contributed by atoms with Crippen LogP contribution in [0.15, 0.2) is 67.0 Å². The van der Waals surface area contributed by atoms with Crippen molar-refractivity contribution in [2.75, 3.05) is 7.05 Å². The van der Waals surface area contributed by atoms with Crippen LogP contribution < -0.4 is 5.32 Å². The van der Waals surface area contributed by atoms with Gasteiger partial charge >= 0.3 is 0 Å². The fraction of sp³-hybridized carbons (Fsp3) is 0.100. The maximum Gasteiger partial charge on any atom is 0.267 e. The fourth-order valence-electron chi connectivity index (χ4n) is 3.24. The monoisotopic (exact) mass is 469 g/mol. The van der Waals surface area contributed by atoms with Gasteiger partial charge in [-0.25, -0.2) is 9.97 Å². The minimum atomic E-state index is -1.31.